The molecule has 0 spiro atoms. The van der Waals surface area contributed by atoms with Gasteiger partial charge in [-0.3, -0.25) is 0 Å². The summed E-state index contributed by atoms with van der Waals surface area (Å²) in [6.07, 6.45) is 12.5. The summed E-state index contributed by atoms with van der Waals surface area (Å²) < 4.78 is 13.0. The Morgan fingerprint density at radius 1 is 0.633 bits per heavy atom. The summed E-state index contributed by atoms with van der Waals surface area (Å²) in [6.45, 7) is 0. The van der Waals surface area contributed by atoms with E-state index in [-0.39, 0.29) is 21.1 Å². The van der Waals surface area contributed by atoms with E-state index in [0.29, 0.717) is 23.3 Å². The molecular formula is C54H44N4OPt-2. The number of hydrogen-bond donors (Lipinski definition) is 0. The number of aromatic nitrogens is 4. The molecule has 9 aromatic rings. The van der Waals surface area contributed by atoms with Gasteiger partial charge in [0.05, 0.1) is 18.1 Å². The summed E-state index contributed by atoms with van der Waals surface area (Å²) in [5.41, 5.74) is 10.2. The number of para-hydroxylation sites is 2. The van der Waals surface area contributed by atoms with Crippen LogP contribution in [0.5, 0.6) is 11.5 Å². The zero-order valence-corrected chi connectivity index (χ0v) is 35.7. The summed E-state index contributed by atoms with van der Waals surface area (Å²) in [4.78, 5) is 5.15. The largest absolute Gasteiger partial charge is 0.510 e. The average molecular weight is 960 g/mol. The molecule has 298 valence electrons. The van der Waals surface area contributed by atoms with E-state index in [1.54, 1.807) is 0 Å². The fourth-order valence-electron chi connectivity index (χ4n) is 11.7. The van der Waals surface area contributed by atoms with Gasteiger partial charge in [0.1, 0.15) is 5.82 Å². The van der Waals surface area contributed by atoms with Crippen LogP contribution < -0.4 is 9.30 Å². The van der Waals surface area contributed by atoms with Crippen LogP contribution in [-0.4, -0.2) is 14.1 Å². The first-order chi connectivity index (χ1) is 29.1. The zero-order chi connectivity index (χ0) is 39.0. The van der Waals surface area contributed by atoms with Gasteiger partial charge < -0.3 is 18.4 Å². The summed E-state index contributed by atoms with van der Waals surface area (Å²) >= 11 is 0. The van der Waals surface area contributed by atoms with Crippen molar-refractivity contribution in [1.29, 1.82) is 0 Å². The number of aryl methyl sites for hydroxylation is 1. The Morgan fingerprint density at radius 2 is 1.37 bits per heavy atom. The summed E-state index contributed by atoms with van der Waals surface area (Å²) in [5, 5.41) is 2.27. The van der Waals surface area contributed by atoms with Crippen molar-refractivity contribution in [3.8, 4) is 34.1 Å². The van der Waals surface area contributed by atoms with Crippen molar-refractivity contribution in [3.05, 3.63) is 181 Å². The molecule has 0 saturated heterocycles. The number of ether oxygens (including phenoxy) is 1. The SMILES string of the molecule is C[n+]1[c-]n(-c2[c-]c(Oc3[c-]c4c(cc3)c3cc(-c5ccccc5)ccc3n4-c3cc(C(c4ccccc4)C4C5CC6CC(C5)CC4C6)ccn3)ccc2)c2ccccc21.[Pt]. The topological polar surface area (TPSA) is 35.9 Å². The molecule has 6 aromatic carbocycles. The zero-order valence-electron chi connectivity index (χ0n) is 33.4. The predicted molar refractivity (Wildman–Crippen MR) is 234 cm³/mol. The third kappa shape index (κ3) is 6.32. The normalized spacial score (nSPS) is 21.1. The van der Waals surface area contributed by atoms with Crippen LogP contribution in [0.3, 0.4) is 0 Å². The quantitative estimate of drug-likeness (QED) is 0.112. The van der Waals surface area contributed by atoms with Crippen molar-refractivity contribution < 1.29 is 30.4 Å². The van der Waals surface area contributed by atoms with Crippen LogP contribution in [0.25, 0.3) is 55.5 Å². The van der Waals surface area contributed by atoms with Gasteiger partial charge in [0, 0.05) is 50.2 Å². The molecule has 4 bridgehead atoms. The van der Waals surface area contributed by atoms with Gasteiger partial charge in [0.15, 0.2) is 0 Å². The van der Waals surface area contributed by atoms with Crippen molar-refractivity contribution in [1.82, 2.24) is 14.1 Å². The molecule has 4 aliphatic rings. The fraction of sp³-hybridized carbons (Fsp3) is 0.222. The van der Waals surface area contributed by atoms with Crippen molar-refractivity contribution in [2.75, 3.05) is 0 Å². The number of pyridine rings is 1. The van der Waals surface area contributed by atoms with E-state index in [4.69, 9.17) is 9.72 Å². The van der Waals surface area contributed by atoms with E-state index in [9.17, 15) is 0 Å². The molecule has 3 aromatic heterocycles. The van der Waals surface area contributed by atoms with Crippen LogP contribution in [0, 0.1) is 48.0 Å². The van der Waals surface area contributed by atoms with Crippen LogP contribution in [-0.2, 0) is 28.1 Å². The summed E-state index contributed by atoms with van der Waals surface area (Å²) in [7, 11) is 2.01. The Kier molecular flexibility index (Phi) is 9.34. The van der Waals surface area contributed by atoms with E-state index in [2.05, 4.69) is 138 Å². The number of rotatable bonds is 8. The number of benzene rings is 6. The predicted octanol–water partition coefficient (Wildman–Crippen LogP) is 12.0. The van der Waals surface area contributed by atoms with E-state index < -0.39 is 0 Å². The van der Waals surface area contributed by atoms with E-state index in [1.165, 1.54) is 54.4 Å². The van der Waals surface area contributed by atoms with Crippen LogP contribution in [0.4, 0.5) is 0 Å². The van der Waals surface area contributed by atoms with Crippen LogP contribution in [0.2, 0.25) is 0 Å². The van der Waals surface area contributed by atoms with E-state index >= 15 is 0 Å². The Labute approximate surface area is 365 Å². The number of imidazole rings is 1. The van der Waals surface area contributed by atoms with Crippen molar-refractivity contribution in [3.63, 3.8) is 0 Å². The Hall–Kier alpha value is -5.77. The van der Waals surface area contributed by atoms with Gasteiger partial charge in [-0.1, -0.05) is 108 Å². The Morgan fingerprint density at radius 3 is 2.17 bits per heavy atom. The molecule has 6 heteroatoms. The van der Waals surface area contributed by atoms with Crippen LogP contribution in [0.15, 0.2) is 152 Å². The third-order valence-corrected chi connectivity index (χ3v) is 13.9. The molecular weight excluding hydrogens is 916 g/mol. The smallest absolute Gasteiger partial charge is 0.242 e. The van der Waals surface area contributed by atoms with Gasteiger partial charge in [-0.25, -0.2) is 4.98 Å². The van der Waals surface area contributed by atoms with Crippen LogP contribution >= 0.6 is 0 Å². The number of nitrogens with zero attached hydrogens (tertiary/aromatic N) is 4. The first kappa shape index (κ1) is 37.2. The summed E-state index contributed by atoms with van der Waals surface area (Å²) in [6, 6.07) is 59.2. The Balaban J connectivity index is 0.00000408. The van der Waals surface area contributed by atoms with Gasteiger partial charge in [0.25, 0.3) is 0 Å². The number of fused-ring (bicyclic) bond motifs is 4. The third-order valence-electron chi connectivity index (χ3n) is 13.9. The molecule has 4 aliphatic carbocycles. The second-order valence-electron chi connectivity index (χ2n) is 17.3. The summed E-state index contributed by atoms with van der Waals surface area (Å²) in [5.74, 6) is 6.56. The second kappa shape index (κ2) is 15.0. The van der Waals surface area contributed by atoms with Crippen molar-refractivity contribution >= 4 is 32.8 Å². The molecule has 1 atom stereocenters. The molecule has 60 heavy (non-hydrogen) atoms. The van der Waals surface area contributed by atoms with Gasteiger partial charge in [0.2, 0.25) is 6.33 Å². The molecule has 0 radical (unpaired) electrons. The van der Waals surface area contributed by atoms with Gasteiger partial charge in [-0.15, -0.1) is 29.7 Å². The molecule has 0 aliphatic heterocycles. The fourth-order valence-corrected chi connectivity index (χ4v) is 11.7. The molecule has 4 saturated carbocycles. The van der Waals surface area contributed by atoms with Crippen LogP contribution in [0.1, 0.15) is 49.1 Å². The first-order valence-electron chi connectivity index (χ1n) is 21.3. The maximum Gasteiger partial charge on any atom is 0.242 e. The second-order valence-corrected chi connectivity index (χ2v) is 17.3. The maximum absolute atomic E-state index is 6.62. The molecule has 0 N–H and O–H groups in total. The molecule has 0 amide bonds. The first-order valence-corrected chi connectivity index (χ1v) is 21.3. The monoisotopic (exact) mass is 959 g/mol. The molecule has 1 unspecified atom stereocenters. The van der Waals surface area contributed by atoms with Gasteiger partial charge in [-0.05, 0) is 108 Å². The average Bonchev–Trinajstić information content (AvgIpc) is 3.79. The molecule has 4 fully saturated rings. The van der Waals surface area contributed by atoms with Gasteiger partial charge >= 0.3 is 0 Å². The standard InChI is InChI=1S/C54H44N4O.Pt/c1-56-34-57(50-18-9-8-17-49(50)56)43-15-10-16-44(32-43)59-45-20-21-46-47-30-39(37-11-4-2-5-12-37)19-22-48(47)58(51(46)33-45)52-31-40(23-24-55-52)53(38-13-6-3-7-14-38)54-41-26-35-25-36(28-41)29-42(54)27-35;/h2-24,30-31,35-36,41-42,53-54H,25-29H2,1H3;/q-2;. The molecule has 5 nitrogen and oxygen atoms in total. The minimum atomic E-state index is 0. The van der Waals surface area contributed by atoms with Gasteiger partial charge in [-0.2, -0.15) is 18.2 Å². The minimum Gasteiger partial charge on any atom is -0.510 e. The number of hydrogen-bond acceptors (Lipinski definition) is 2. The maximum atomic E-state index is 6.62. The van der Waals surface area contributed by atoms with E-state index in [1.807, 2.05) is 52.7 Å². The van der Waals surface area contributed by atoms with E-state index in [0.717, 1.165) is 68.0 Å². The molecule has 3 heterocycles. The molecule has 13 rings (SSSR count). The van der Waals surface area contributed by atoms with Crippen molar-refractivity contribution in [2.24, 2.45) is 36.6 Å². The van der Waals surface area contributed by atoms with Crippen molar-refractivity contribution in [2.45, 2.75) is 38.0 Å². The minimum absolute atomic E-state index is 0. The Bertz CT molecular complexity index is 3000.